The Bertz CT molecular complexity index is 631. The van der Waals surface area contributed by atoms with Gasteiger partial charge in [0.2, 0.25) is 5.91 Å². The fourth-order valence-corrected chi connectivity index (χ4v) is 1.97. The highest BCUT2D eigenvalue weighted by atomic mass is 16.3. The first-order valence-corrected chi connectivity index (χ1v) is 6.70. The molecule has 0 atom stereocenters. The highest BCUT2D eigenvalue weighted by Crippen LogP contribution is 2.24. The summed E-state index contributed by atoms with van der Waals surface area (Å²) < 4.78 is 5.51. The molecule has 5 heteroatoms. The normalized spacial score (nSPS) is 10.5. The topological polar surface area (TPSA) is 71.3 Å². The fraction of sp³-hybridized carbons (Fsp3) is 0.333. The molecule has 20 heavy (non-hydrogen) atoms. The predicted molar refractivity (Wildman–Crippen MR) is 76.1 cm³/mol. The Morgan fingerprint density at radius 3 is 2.65 bits per heavy atom. The molecule has 106 valence electrons. The molecule has 5 nitrogen and oxygen atoms in total. The molecular weight excluding hydrogens is 256 g/mol. The average molecular weight is 274 g/mol. The van der Waals surface area contributed by atoms with Crippen molar-refractivity contribution in [2.45, 2.75) is 33.1 Å². The number of aryl methyl sites for hydroxylation is 1. The summed E-state index contributed by atoms with van der Waals surface area (Å²) in [7, 11) is 0. The van der Waals surface area contributed by atoms with Gasteiger partial charge in [0, 0.05) is 17.4 Å². The first-order chi connectivity index (χ1) is 9.63. The largest absolute Gasteiger partial charge is 0.451 e. The number of carbonyl (C=O) groups excluding carboxylic acids is 2. The SMILES string of the molecule is CCCCC(=O)NNC(=O)c1oc2ccccc2c1C. The van der Waals surface area contributed by atoms with Crippen LogP contribution >= 0.6 is 0 Å². The Balaban J connectivity index is 2.04. The van der Waals surface area contributed by atoms with Gasteiger partial charge in [-0.05, 0) is 19.4 Å². The van der Waals surface area contributed by atoms with Gasteiger partial charge in [-0.25, -0.2) is 0 Å². The standard InChI is InChI=1S/C15H18N2O3/c1-3-4-9-13(18)16-17-15(19)14-10(2)11-7-5-6-8-12(11)20-14/h5-8H,3-4,9H2,1-2H3,(H,16,18)(H,17,19). The molecule has 1 heterocycles. The minimum absolute atomic E-state index is 0.200. The van der Waals surface area contributed by atoms with E-state index in [2.05, 4.69) is 10.9 Å². The van der Waals surface area contributed by atoms with E-state index in [0.29, 0.717) is 12.0 Å². The summed E-state index contributed by atoms with van der Waals surface area (Å²) in [5, 5.41) is 0.898. The lowest BCUT2D eigenvalue weighted by Crippen LogP contribution is -2.41. The number of fused-ring (bicyclic) bond motifs is 1. The van der Waals surface area contributed by atoms with Crippen molar-refractivity contribution >= 4 is 22.8 Å². The number of nitrogens with one attached hydrogen (secondary N) is 2. The van der Waals surface area contributed by atoms with Gasteiger partial charge in [0.05, 0.1) is 0 Å². The second-order valence-electron chi connectivity index (χ2n) is 4.66. The van der Waals surface area contributed by atoms with Crippen LogP contribution in [0.15, 0.2) is 28.7 Å². The van der Waals surface area contributed by atoms with Crippen LogP contribution in [0.1, 0.15) is 42.3 Å². The number of furan rings is 1. The third-order valence-electron chi connectivity index (χ3n) is 3.12. The molecule has 0 spiro atoms. The van der Waals surface area contributed by atoms with Crippen molar-refractivity contribution < 1.29 is 14.0 Å². The van der Waals surface area contributed by atoms with E-state index in [4.69, 9.17) is 4.42 Å². The van der Waals surface area contributed by atoms with E-state index in [1.165, 1.54) is 0 Å². The number of hydrazine groups is 1. The first-order valence-electron chi connectivity index (χ1n) is 6.70. The molecule has 0 radical (unpaired) electrons. The summed E-state index contributed by atoms with van der Waals surface area (Å²) in [5.74, 6) is -0.417. The van der Waals surface area contributed by atoms with E-state index < -0.39 is 5.91 Å². The molecule has 0 unspecified atom stereocenters. The van der Waals surface area contributed by atoms with Crippen LogP contribution in [0.3, 0.4) is 0 Å². The monoisotopic (exact) mass is 274 g/mol. The van der Waals surface area contributed by atoms with Gasteiger partial charge in [-0.15, -0.1) is 0 Å². The van der Waals surface area contributed by atoms with E-state index in [1.54, 1.807) is 6.07 Å². The second kappa shape index (κ2) is 6.23. The molecule has 0 bridgehead atoms. The molecular formula is C15H18N2O3. The summed E-state index contributed by atoms with van der Waals surface area (Å²) in [6.07, 6.45) is 2.13. The number of para-hydroxylation sites is 1. The Labute approximate surface area is 117 Å². The number of benzene rings is 1. The smallest absolute Gasteiger partial charge is 0.305 e. The maximum Gasteiger partial charge on any atom is 0.305 e. The van der Waals surface area contributed by atoms with Crippen LogP contribution in [-0.4, -0.2) is 11.8 Å². The lowest BCUT2D eigenvalue weighted by molar-refractivity contribution is -0.121. The predicted octanol–water partition coefficient (Wildman–Crippen LogP) is 2.69. The van der Waals surface area contributed by atoms with Crippen LogP contribution in [0.25, 0.3) is 11.0 Å². The second-order valence-corrected chi connectivity index (χ2v) is 4.66. The molecule has 0 saturated carbocycles. The summed E-state index contributed by atoms with van der Waals surface area (Å²) in [6.45, 7) is 3.82. The van der Waals surface area contributed by atoms with Gasteiger partial charge in [-0.3, -0.25) is 20.4 Å². The van der Waals surface area contributed by atoms with Crippen LogP contribution < -0.4 is 10.9 Å². The molecule has 0 aliphatic heterocycles. The molecule has 1 aromatic carbocycles. The summed E-state index contributed by atoms with van der Waals surface area (Å²) in [4.78, 5) is 23.4. The molecule has 2 amide bonds. The number of hydrogen-bond acceptors (Lipinski definition) is 3. The molecule has 2 aromatic rings. The van der Waals surface area contributed by atoms with E-state index in [1.807, 2.05) is 32.0 Å². The van der Waals surface area contributed by atoms with Gasteiger partial charge < -0.3 is 4.42 Å². The van der Waals surface area contributed by atoms with Gasteiger partial charge >= 0.3 is 5.91 Å². The average Bonchev–Trinajstić information content (AvgIpc) is 2.80. The van der Waals surface area contributed by atoms with Gasteiger partial charge in [0.1, 0.15) is 5.58 Å². The van der Waals surface area contributed by atoms with Crippen LogP contribution in [0.2, 0.25) is 0 Å². The Morgan fingerprint density at radius 2 is 1.95 bits per heavy atom. The molecule has 2 rings (SSSR count). The number of unbranched alkanes of at least 4 members (excludes halogenated alkanes) is 1. The lowest BCUT2D eigenvalue weighted by atomic mass is 10.1. The van der Waals surface area contributed by atoms with Crippen molar-refractivity contribution in [3.8, 4) is 0 Å². The molecule has 0 saturated heterocycles. The fourth-order valence-electron chi connectivity index (χ4n) is 1.97. The first kappa shape index (κ1) is 14.1. The number of rotatable bonds is 4. The molecule has 0 aliphatic carbocycles. The highest BCUT2D eigenvalue weighted by molar-refractivity contribution is 5.99. The maximum absolute atomic E-state index is 12.0. The van der Waals surface area contributed by atoms with Crippen molar-refractivity contribution in [2.24, 2.45) is 0 Å². The number of amides is 2. The van der Waals surface area contributed by atoms with Crippen molar-refractivity contribution in [2.75, 3.05) is 0 Å². The van der Waals surface area contributed by atoms with Crippen molar-refractivity contribution in [1.29, 1.82) is 0 Å². The molecule has 0 fully saturated rings. The molecule has 1 aromatic heterocycles. The van der Waals surface area contributed by atoms with Crippen molar-refractivity contribution in [1.82, 2.24) is 10.9 Å². The van der Waals surface area contributed by atoms with Gasteiger partial charge in [0.25, 0.3) is 0 Å². The minimum atomic E-state index is -0.441. The van der Waals surface area contributed by atoms with Gasteiger partial charge in [0.15, 0.2) is 5.76 Å². The molecule has 2 N–H and O–H groups in total. The zero-order valence-electron chi connectivity index (χ0n) is 11.7. The zero-order chi connectivity index (χ0) is 14.5. The van der Waals surface area contributed by atoms with Crippen LogP contribution in [0.4, 0.5) is 0 Å². The number of carbonyl (C=O) groups is 2. The summed E-state index contributed by atoms with van der Waals surface area (Å²) in [5.41, 5.74) is 6.19. The Morgan fingerprint density at radius 1 is 1.20 bits per heavy atom. The Kier molecular flexibility index (Phi) is 4.40. The van der Waals surface area contributed by atoms with E-state index >= 15 is 0 Å². The third kappa shape index (κ3) is 2.99. The van der Waals surface area contributed by atoms with Gasteiger partial charge in [-0.2, -0.15) is 0 Å². The highest BCUT2D eigenvalue weighted by Gasteiger charge is 2.17. The lowest BCUT2D eigenvalue weighted by Gasteiger charge is -2.05. The van der Waals surface area contributed by atoms with E-state index in [0.717, 1.165) is 23.8 Å². The quantitative estimate of drug-likeness (QED) is 0.842. The summed E-state index contributed by atoms with van der Waals surface area (Å²) >= 11 is 0. The summed E-state index contributed by atoms with van der Waals surface area (Å²) in [6, 6.07) is 7.43. The van der Waals surface area contributed by atoms with Crippen LogP contribution in [0.5, 0.6) is 0 Å². The maximum atomic E-state index is 12.0. The van der Waals surface area contributed by atoms with Crippen LogP contribution in [0, 0.1) is 6.92 Å². The minimum Gasteiger partial charge on any atom is -0.451 e. The molecule has 0 aliphatic rings. The van der Waals surface area contributed by atoms with Crippen molar-refractivity contribution in [3.05, 3.63) is 35.6 Å². The van der Waals surface area contributed by atoms with E-state index in [-0.39, 0.29) is 11.7 Å². The zero-order valence-corrected chi connectivity index (χ0v) is 11.7. The van der Waals surface area contributed by atoms with Crippen LogP contribution in [-0.2, 0) is 4.79 Å². The number of hydrogen-bond donors (Lipinski definition) is 2. The van der Waals surface area contributed by atoms with Gasteiger partial charge in [-0.1, -0.05) is 31.5 Å². The Hall–Kier alpha value is -2.30. The van der Waals surface area contributed by atoms with Crippen molar-refractivity contribution in [3.63, 3.8) is 0 Å². The van der Waals surface area contributed by atoms with E-state index in [9.17, 15) is 9.59 Å². The third-order valence-corrected chi connectivity index (χ3v) is 3.12.